The highest BCUT2D eigenvalue weighted by atomic mass is 15.3. The van der Waals surface area contributed by atoms with Crippen LogP contribution in [0.3, 0.4) is 0 Å². The van der Waals surface area contributed by atoms with Crippen molar-refractivity contribution in [2.24, 2.45) is 0 Å². The molecule has 0 saturated carbocycles. The number of nitrogens with zero attached hydrogens (tertiary/aromatic N) is 5. The highest BCUT2D eigenvalue weighted by molar-refractivity contribution is 5.09. The van der Waals surface area contributed by atoms with Crippen LogP contribution in [0.5, 0.6) is 0 Å². The Balaban J connectivity index is 1.75. The largest absolute Gasteiger partial charge is 0.290 e. The molecule has 3 heterocycles. The van der Waals surface area contributed by atoms with Gasteiger partial charge in [-0.1, -0.05) is 6.42 Å². The molecule has 2 aromatic rings. The number of rotatable bonds is 4. The number of hydrogen-bond donors (Lipinski definition) is 0. The van der Waals surface area contributed by atoms with Gasteiger partial charge in [-0.25, -0.2) is 9.97 Å². The Kier molecular flexibility index (Phi) is 4.06. The van der Waals surface area contributed by atoms with E-state index < -0.39 is 0 Å². The van der Waals surface area contributed by atoms with Crippen molar-refractivity contribution in [2.45, 2.75) is 45.3 Å². The third kappa shape index (κ3) is 2.88. The smallest absolute Gasteiger partial charge is 0.115 e. The highest BCUT2D eigenvalue weighted by Crippen LogP contribution is 2.30. The molecule has 1 saturated heterocycles. The summed E-state index contributed by atoms with van der Waals surface area (Å²) < 4.78 is 1.99. The molecule has 1 fully saturated rings. The van der Waals surface area contributed by atoms with E-state index >= 15 is 0 Å². The number of aryl methyl sites for hydroxylation is 1. The van der Waals surface area contributed by atoms with Gasteiger partial charge in [0.15, 0.2) is 0 Å². The van der Waals surface area contributed by atoms with E-state index in [1.54, 1.807) is 6.33 Å². The Hall–Kier alpha value is -1.75. The first-order valence-electron chi connectivity index (χ1n) is 7.38. The van der Waals surface area contributed by atoms with Crippen molar-refractivity contribution in [3.8, 4) is 0 Å². The zero-order valence-electron chi connectivity index (χ0n) is 11.9. The van der Waals surface area contributed by atoms with Gasteiger partial charge in [0.25, 0.3) is 0 Å². The van der Waals surface area contributed by atoms with Crippen LogP contribution in [-0.4, -0.2) is 31.2 Å². The van der Waals surface area contributed by atoms with Gasteiger partial charge in [-0.2, -0.15) is 5.10 Å². The fraction of sp³-hybridized carbons (Fsp3) is 0.533. The first-order valence-corrected chi connectivity index (χ1v) is 7.38. The maximum absolute atomic E-state index is 4.44. The highest BCUT2D eigenvalue weighted by Gasteiger charge is 2.25. The molecular formula is C15H21N5. The minimum atomic E-state index is 0.414. The van der Waals surface area contributed by atoms with E-state index in [-0.39, 0.29) is 0 Å². The second-order valence-electron chi connectivity index (χ2n) is 5.32. The summed E-state index contributed by atoms with van der Waals surface area (Å²) in [4.78, 5) is 11.0. The lowest BCUT2D eigenvalue weighted by Gasteiger charge is -2.34. The average molecular weight is 271 g/mol. The predicted molar refractivity (Wildman–Crippen MR) is 76.9 cm³/mol. The Morgan fingerprint density at radius 2 is 2.30 bits per heavy atom. The molecule has 1 aliphatic rings. The fourth-order valence-corrected chi connectivity index (χ4v) is 2.91. The molecule has 3 rings (SSSR count). The van der Waals surface area contributed by atoms with Crippen LogP contribution in [0.2, 0.25) is 0 Å². The van der Waals surface area contributed by atoms with Crippen molar-refractivity contribution >= 4 is 0 Å². The Labute approximate surface area is 119 Å². The Morgan fingerprint density at radius 3 is 3.05 bits per heavy atom. The van der Waals surface area contributed by atoms with Crippen LogP contribution in [0.4, 0.5) is 0 Å². The van der Waals surface area contributed by atoms with Crippen LogP contribution in [0.15, 0.2) is 31.0 Å². The van der Waals surface area contributed by atoms with Crippen molar-refractivity contribution in [1.82, 2.24) is 24.6 Å². The molecule has 106 valence electrons. The first kappa shape index (κ1) is 13.2. The van der Waals surface area contributed by atoms with Gasteiger partial charge in [-0.3, -0.25) is 9.58 Å². The van der Waals surface area contributed by atoms with Gasteiger partial charge in [0.05, 0.1) is 17.9 Å². The summed E-state index contributed by atoms with van der Waals surface area (Å²) in [6.07, 6.45) is 11.3. The molecule has 0 bridgehead atoms. The van der Waals surface area contributed by atoms with E-state index in [1.165, 1.54) is 24.8 Å². The molecule has 1 atom stereocenters. The van der Waals surface area contributed by atoms with Gasteiger partial charge < -0.3 is 0 Å². The van der Waals surface area contributed by atoms with Crippen molar-refractivity contribution < 1.29 is 0 Å². The number of likely N-dealkylation sites (tertiary alicyclic amines) is 1. The lowest BCUT2D eigenvalue weighted by Crippen LogP contribution is -2.33. The standard InChI is InChI=1S/C15H21N5/c1-2-20-11-13(9-18-20)10-19-8-4-3-5-15(19)14-6-7-16-12-17-14/h6-7,9,11-12,15H,2-5,8,10H2,1H3. The first-order chi connectivity index (χ1) is 9.86. The van der Waals surface area contributed by atoms with Gasteiger partial charge in [0.1, 0.15) is 6.33 Å². The molecule has 1 unspecified atom stereocenters. The second-order valence-corrected chi connectivity index (χ2v) is 5.32. The predicted octanol–water partition coefficient (Wildman–Crippen LogP) is 2.42. The van der Waals surface area contributed by atoms with Crippen LogP contribution in [0, 0.1) is 0 Å². The molecule has 0 amide bonds. The summed E-state index contributed by atoms with van der Waals surface area (Å²) in [5.41, 5.74) is 2.43. The van der Waals surface area contributed by atoms with E-state index in [9.17, 15) is 0 Å². The normalized spacial score (nSPS) is 20.1. The minimum Gasteiger partial charge on any atom is -0.290 e. The van der Waals surface area contributed by atoms with Crippen LogP contribution >= 0.6 is 0 Å². The molecule has 0 aliphatic carbocycles. The zero-order chi connectivity index (χ0) is 13.8. The van der Waals surface area contributed by atoms with E-state index in [4.69, 9.17) is 0 Å². The molecular weight excluding hydrogens is 250 g/mol. The fourth-order valence-electron chi connectivity index (χ4n) is 2.91. The molecule has 5 heteroatoms. The molecule has 0 aromatic carbocycles. The SMILES string of the molecule is CCn1cc(CN2CCCCC2c2ccncn2)cn1. The van der Waals surface area contributed by atoms with Crippen molar-refractivity contribution in [1.29, 1.82) is 0 Å². The van der Waals surface area contributed by atoms with E-state index in [0.29, 0.717) is 6.04 Å². The Bertz CT molecular complexity index is 536. The summed E-state index contributed by atoms with van der Waals surface area (Å²) in [5, 5.41) is 4.36. The third-order valence-corrected chi connectivity index (χ3v) is 3.96. The van der Waals surface area contributed by atoms with Crippen LogP contribution in [0.1, 0.15) is 43.5 Å². The van der Waals surface area contributed by atoms with E-state index in [1.807, 2.05) is 23.1 Å². The topological polar surface area (TPSA) is 46.8 Å². The molecule has 0 radical (unpaired) electrons. The maximum Gasteiger partial charge on any atom is 0.115 e. The number of hydrogen-bond acceptors (Lipinski definition) is 4. The monoisotopic (exact) mass is 271 g/mol. The van der Waals surface area contributed by atoms with Crippen LogP contribution < -0.4 is 0 Å². The minimum absolute atomic E-state index is 0.414. The van der Waals surface area contributed by atoms with Crippen molar-refractivity contribution in [3.63, 3.8) is 0 Å². The van der Waals surface area contributed by atoms with Crippen LogP contribution in [0.25, 0.3) is 0 Å². The van der Waals surface area contributed by atoms with E-state index in [0.717, 1.165) is 25.3 Å². The van der Waals surface area contributed by atoms with E-state index in [2.05, 4.69) is 33.1 Å². The summed E-state index contributed by atoms with van der Waals surface area (Å²) in [6.45, 7) is 5.12. The molecule has 0 spiro atoms. The zero-order valence-corrected chi connectivity index (χ0v) is 11.9. The number of aromatic nitrogens is 4. The maximum atomic E-state index is 4.44. The lowest BCUT2D eigenvalue weighted by atomic mass is 9.98. The quantitative estimate of drug-likeness (QED) is 0.857. The van der Waals surface area contributed by atoms with Crippen molar-refractivity contribution in [3.05, 3.63) is 42.2 Å². The summed E-state index contributed by atoms with van der Waals surface area (Å²) in [7, 11) is 0. The molecule has 1 aliphatic heterocycles. The number of piperidine rings is 1. The molecule has 20 heavy (non-hydrogen) atoms. The molecule has 2 aromatic heterocycles. The van der Waals surface area contributed by atoms with Crippen LogP contribution in [-0.2, 0) is 13.1 Å². The molecule has 0 N–H and O–H groups in total. The third-order valence-electron chi connectivity index (χ3n) is 3.96. The second kappa shape index (κ2) is 6.13. The van der Waals surface area contributed by atoms with Gasteiger partial charge in [-0.05, 0) is 32.4 Å². The Morgan fingerprint density at radius 1 is 1.35 bits per heavy atom. The van der Waals surface area contributed by atoms with Gasteiger partial charge in [0, 0.05) is 31.0 Å². The lowest BCUT2D eigenvalue weighted by molar-refractivity contribution is 0.137. The molecule has 5 nitrogen and oxygen atoms in total. The summed E-state index contributed by atoms with van der Waals surface area (Å²) in [5.74, 6) is 0. The van der Waals surface area contributed by atoms with Gasteiger partial charge in [0.2, 0.25) is 0 Å². The summed E-state index contributed by atoms with van der Waals surface area (Å²) in [6, 6.07) is 2.45. The average Bonchev–Trinajstić information content (AvgIpc) is 2.96. The van der Waals surface area contributed by atoms with Gasteiger partial charge in [-0.15, -0.1) is 0 Å². The van der Waals surface area contributed by atoms with Crippen molar-refractivity contribution in [2.75, 3.05) is 6.54 Å². The summed E-state index contributed by atoms with van der Waals surface area (Å²) >= 11 is 0. The van der Waals surface area contributed by atoms with Gasteiger partial charge >= 0.3 is 0 Å².